The monoisotopic (exact) mass is 372 g/mol. The third-order valence-electron chi connectivity index (χ3n) is 3.18. The second-order valence-corrected chi connectivity index (χ2v) is 5.73. The average molecular weight is 372 g/mol. The Morgan fingerprint density at radius 3 is 2.38 bits per heavy atom. The first-order chi connectivity index (χ1) is 12.6. The van der Waals surface area contributed by atoms with Crippen LogP contribution in [0.1, 0.15) is 23.7 Å². The number of thiocarbonyl (C=S) groups is 1. The number of amides is 1. The van der Waals surface area contributed by atoms with E-state index in [2.05, 4.69) is 10.6 Å². The quantitative estimate of drug-likeness (QED) is 0.574. The van der Waals surface area contributed by atoms with Gasteiger partial charge in [-0.15, -0.1) is 0 Å². The van der Waals surface area contributed by atoms with E-state index < -0.39 is 0 Å². The molecule has 0 spiro atoms. The third-order valence-corrected chi connectivity index (χ3v) is 3.39. The number of ether oxygens (including phenoxy) is 2. The Morgan fingerprint density at radius 2 is 1.73 bits per heavy atom. The van der Waals surface area contributed by atoms with Crippen LogP contribution in [0.2, 0.25) is 0 Å². The van der Waals surface area contributed by atoms with Gasteiger partial charge in [-0.05, 0) is 55.0 Å². The number of para-hydroxylation sites is 1. The topological polar surface area (TPSA) is 76.7 Å². The normalized spacial score (nSPS) is 9.88. The molecule has 0 heterocycles. The van der Waals surface area contributed by atoms with E-state index in [1.807, 2.05) is 25.1 Å². The lowest BCUT2D eigenvalue weighted by atomic mass is 10.2. The number of carbonyl (C=O) groups excluding carboxylic acids is 2. The SMILES string of the molecule is CCCOC(=O)c1ccc(NC(=S)NC(=O)COc2ccccc2)cc1. The minimum atomic E-state index is -0.369. The van der Waals surface area contributed by atoms with Gasteiger partial charge in [-0.3, -0.25) is 10.1 Å². The van der Waals surface area contributed by atoms with Gasteiger partial charge in [0.05, 0.1) is 12.2 Å². The Morgan fingerprint density at radius 1 is 1.04 bits per heavy atom. The van der Waals surface area contributed by atoms with Gasteiger partial charge in [-0.1, -0.05) is 25.1 Å². The van der Waals surface area contributed by atoms with E-state index in [1.165, 1.54) is 0 Å². The lowest BCUT2D eigenvalue weighted by Gasteiger charge is -2.11. The number of carbonyl (C=O) groups is 2. The minimum Gasteiger partial charge on any atom is -0.484 e. The summed E-state index contributed by atoms with van der Waals surface area (Å²) in [6.45, 7) is 2.18. The van der Waals surface area contributed by atoms with Crippen LogP contribution in [0.25, 0.3) is 0 Å². The molecular weight excluding hydrogens is 352 g/mol. The van der Waals surface area contributed by atoms with Gasteiger partial charge in [0, 0.05) is 5.69 Å². The molecule has 0 aliphatic carbocycles. The predicted octanol–water partition coefficient (Wildman–Crippen LogP) is 3.15. The van der Waals surface area contributed by atoms with Crippen molar-refractivity contribution >= 4 is 34.9 Å². The molecule has 0 saturated heterocycles. The van der Waals surface area contributed by atoms with E-state index in [0.717, 1.165) is 6.42 Å². The van der Waals surface area contributed by atoms with Crippen molar-refractivity contribution in [3.05, 3.63) is 60.2 Å². The van der Waals surface area contributed by atoms with E-state index in [0.29, 0.717) is 23.6 Å². The van der Waals surface area contributed by atoms with Gasteiger partial charge >= 0.3 is 5.97 Å². The van der Waals surface area contributed by atoms with E-state index in [1.54, 1.807) is 36.4 Å². The van der Waals surface area contributed by atoms with Gasteiger partial charge in [0.1, 0.15) is 5.75 Å². The van der Waals surface area contributed by atoms with Crippen LogP contribution in [0.15, 0.2) is 54.6 Å². The van der Waals surface area contributed by atoms with E-state index >= 15 is 0 Å². The molecule has 2 rings (SSSR count). The highest BCUT2D eigenvalue weighted by Crippen LogP contribution is 2.11. The number of hydrogen-bond acceptors (Lipinski definition) is 5. The molecule has 1 amide bonds. The molecule has 0 aliphatic heterocycles. The maximum Gasteiger partial charge on any atom is 0.338 e. The second kappa shape index (κ2) is 10.1. The van der Waals surface area contributed by atoms with E-state index in [9.17, 15) is 9.59 Å². The Bertz CT molecular complexity index is 748. The molecule has 0 atom stereocenters. The summed E-state index contributed by atoms with van der Waals surface area (Å²) in [5, 5.41) is 5.55. The fourth-order valence-electron chi connectivity index (χ4n) is 1.96. The molecule has 0 saturated carbocycles. The highest BCUT2D eigenvalue weighted by atomic mass is 32.1. The van der Waals surface area contributed by atoms with Crippen molar-refractivity contribution in [3.8, 4) is 5.75 Å². The number of anilines is 1. The first kappa shape index (κ1) is 19.4. The van der Waals surface area contributed by atoms with Crippen LogP contribution >= 0.6 is 12.2 Å². The summed E-state index contributed by atoms with van der Waals surface area (Å²) in [6.07, 6.45) is 0.771. The number of nitrogens with one attached hydrogen (secondary N) is 2. The molecule has 0 unspecified atom stereocenters. The van der Waals surface area contributed by atoms with Crippen molar-refractivity contribution in [2.24, 2.45) is 0 Å². The number of hydrogen-bond donors (Lipinski definition) is 2. The fourth-order valence-corrected chi connectivity index (χ4v) is 2.19. The molecule has 0 fully saturated rings. The van der Waals surface area contributed by atoms with E-state index in [-0.39, 0.29) is 23.6 Å². The Balaban J connectivity index is 1.78. The first-order valence-electron chi connectivity index (χ1n) is 8.14. The minimum absolute atomic E-state index is 0.145. The van der Waals surface area contributed by atoms with Crippen LogP contribution in [0.5, 0.6) is 5.75 Å². The van der Waals surface area contributed by atoms with Crippen molar-refractivity contribution < 1.29 is 19.1 Å². The van der Waals surface area contributed by atoms with Crippen molar-refractivity contribution in [1.82, 2.24) is 5.32 Å². The number of benzene rings is 2. The largest absolute Gasteiger partial charge is 0.484 e. The highest BCUT2D eigenvalue weighted by Gasteiger charge is 2.08. The Labute approximate surface area is 157 Å². The van der Waals surface area contributed by atoms with Crippen LogP contribution in [-0.2, 0) is 9.53 Å². The third kappa shape index (κ3) is 6.52. The molecule has 0 radical (unpaired) electrons. The summed E-state index contributed by atoms with van der Waals surface area (Å²) in [4.78, 5) is 23.6. The molecule has 6 nitrogen and oxygen atoms in total. The molecule has 0 aliphatic rings. The summed E-state index contributed by atoms with van der Waals surface area (Å²) in [7, 11) is 0. The number of rotatable bonds is 7. The summed E-state index contributed by atoms with van der Waals surface area (Å²) < 4.78 is 10.4. The average Bonchev–Trinajstić information content (AvgIpc) is 2.65. The summed E-state index contributed by atoms with van der Waals surface area (Å²) in [6, 6.07) is 15.6. The molecule has 7 heteroatoms. The standard InChI is InChI=1S/C19H20N2O4S/c1-2-12-24-18(23)14-8-10-15(11-9-14)20-19(26)21-17(22)13-25-16-6-4-3-5-7-16/h3-11H,2,12-13H2,1H3,(H2,20,21,22,26). The smallest absolute Gasteiger partial charge is 0.338 e. The van der Waals surface area contributed by atoms with Crippen LogP contribution in [0, 0.1) is 0 Å². The maximum atomic E-state index is 11.8. The molecular formula is C19H20N2O4S. The molecule has 2 aromatic rings. The highest BCUT2D eigenvalue weighted by molar-refractivity contribution is 7.80. The number of esters is 1. The zero-order chi connectivity index (χ0) is 18.8. The van der Waals surface area contributed by atoms with Gasteiger partial charge in [-0.2, -0.15) is 0 Å². The summed E-state index contributed by atoms with van der Waals surface area (Å²) in [5.74, 6) is -0.134. The summed E-state index contributed by atoms with van der Waals surface area (Å²) >= 11 is 5.09. The lowest BCUT2D eigenvalue weighted by Crippen LogP contribution is -2.37. The second-order valence-electron chi connectivity index (χ2n) is 5.32. The van der Waals surface area contributed by atoms with Gasteiger partial charge < -0.3 is 14.8 Å². The van der Waals surface area contributed by atoms with Crippen molar-refractivity contribution in [3.63, 3.8) is 0 Å². The Kier molecular flexibility index (Phi) is 7.57. The van der Waals surface area contributed by atoms with Crippen LogP contribution < -0.4 is 15.4 Å². The zero-order valence-electron chi connectivity index (χ0n) is 14.4. The maximum absolute atomic E-state index is 11.8. The van der Waals surface area contributed by atoms with Crippen molar-refractivity contribution in [2.45, 2.75) is 13.3 Å². The molecule has 2 aromatic carbocycles. The van der Waals surface area contributed by atoms with E-state index in [4.69, 9.17) is 21.7 Å². The molecule has 2 N–H and O–H groups in total. The van der Waals surface area contributed by atoms with Gasteiger partial charge in [0.2, 0.25) is 0 Å². The van der Waals surface area contributed by atoms with Crippen LogP contribution in [0.4, 0.5) is 5.69 Å². The van der Waals surface area contributed by atoms with Crippen molar-refractivity contribution in [1.29, 1.82) is 0 Å². The fraction of sp³-hybridized carbons (Fsp3) is 0.211. The van der Waals surface area contributed by atoms with Crippen molar-refractivity contribution in [2.75, 3.05) is 18.5 Å². The van der Waals surface area contributed by atoms with Crippen LogP contribution in [-0.4, -0.2) is 30.2 Å². The molecule has 0 aromatic heterocycles. The lowest BCUT2D eigenvalue weighted by molar-refractivity contribution is -0.121. The first-order valence-corrected chi connectivity index (χ1v) is 8.55. The van der Waals surface area contributed by atoms with Crippen LogP contribution in [0.3, 0.4) is 0 Å². The summed E-state index contributed by atoms with van der Waals surface area (Å²) in [5.41, 5.74) is 1.10. The Hall–Kier alpha value is -2.93. The molecule has 136 valence electrons. The van der Waals surface area contributed by atoms with Gasteiger partial charge in [0.25, 0.3) is 5.91 Å². The predicted molar refractivity (Wildman–Crippen MR) is 103 cm³/mol. The van der Waals surface area contributed by atoms with Gasteiger partial charge in [-0.25, -0.2) is 4.79 Å². The zero-order valence-corrected chi connectivity index (χ0v) is 15.2. The van der Waals surface area contributed by atoms with Gasteiger partial charge in [0.15, 0.2) is 11.7 Å². The molecule has 26 heavy (non-hydrogen) atoms. The molecule has 0 bridgehead atoms.